The van der Waals surface area contributed by atoms with E-state index in [2.05, 4.69) is 34.4 Å². The molecule has 1 aliphatic rings. The summed E-state index contributed by atoms with van der Waals surface area (Å²) in [6.07, 6.45) is 7.69. The highest BCUT2D eigenvalue weighted by Gasteiger charge is 2.25. The number of carboxylic acid groups (broad SMARTS) is 1. The molecule has 6 rings (SSSR count). The number of thiazole rings is 1. The van der Waals surface area contributed by atoms with E-state index < -0.39 is 11.4 Å². The summed E-state index contributed by atoms with van der Waals surface area (Å²) in [7, 11) is 0. The molecule has 1 unspecified atom stereocenters. The zero-order chi connectivity index (χ0) is 33.8. The number of pyridine rings is 3. The lowest BCUT2D eigenvalue weighted by atomic mass is 10.0. The molecule has 0 saturated carbocycles. The van der Waals surface area contributed by atoms with E-state index in [1.54, 1.807) is 24.5 Å². The van der Waals surface area contributed by atoms with Gasteiger partial charge in [0, 0.05) is 53.6 Å². The van der Waals surface area contributed by atoms with Crippen molar-refractivity contribution < 1.29 is 14.7 Å². The molecule has 1 atom stereocenters. The van der Waals surface area contributed by atoms with Crippen LogP contribution in [-0.4, -0.2) is 67.7 Å². The number of fused-ring (bicyclic) bond motifs is 1. The first-order valence-corrected chi connectivity index (χ1v) is 17.2. The molecule has 1 aliphatic heterocycles. The van der Waals surface area contributed by atoms with Crippen molar-refractivity contribution in [3.8, 4) is 33.1 Å². The summed E-state index contributed by atoms with van der Waals surface area (Å²) in [5.74, 6) is -0.348. The highest BCUT2D eigenvalue weighted by molar-refractivity contribution is 7.13. The molecule has 5 aromatic rings. The van der Waals surface area contributed by atoms with Gasteiger partial charge in [0.1, 0.15) is 16.4 Å². The Kier molecular flexibility index (Phi) is 9.93. The standard InChI is InChI=1S/C36H39N7O4S/c1-4-37-36(47)41-32-16-25(34-40-30(21-48-34)23-9-6-5-7-10-23)27(17-39-32)29-15-26-31(18-38-29)43(20-28(33(26)44)35(45)46)24-11-8-13-42(19-24)14-12-22(2)3/h5-7,9-10,15-18,20-22,24H,4,8,11-14,19H2,1-3H3,(H,45,46)(H2,37,39,41,47). The lowest BCUT2D eigenvalue weighted by Crippen LogP contribution is -2.38. The SMILES string of the molecule is CCNC(=O)Nc1cc(-c2nc(-c3ccccc3)cs2)c(-c2cc3c(=O)c(C(=O)O)cn(C4CCCN(CCC(C)C)C4)c3cn2)cn1. The van der Waals surface area contributed by atoms with Crippen molar-refractivity contribution >= 4 is 40.1 Å². The number of carbonyl (C=O) groups excluding carboxylic acids is 1. The molecule has 0 radical (unpaired) electrons. The number of nitrogens with one attached hydrogen (secondary N) is 2. The van der Waals surface area contributed by atoms with Crippen LogP contribution in [0.4, 0.5) is 10.6 Å². The zero-order valence-electron chi connectivity index (χ0n) is 27.3. The Bertz CT molecular complexity index is 2010. The molecular weight excluding hydrogens is 627 g/mol. The van der Waals surface area contributed by atoms with Gasteiger partial charge in [-0.1, -0.05) is 44.2 Å². The molecule has 5 heterocycles. The van der Waals surface area contributed by atoms with Gasteiger partial charge in [0.15, 0.2) is 0 Å². The smallest absolute Gasteiger partial charge is 0.341 e. The molecule has 1 saturated heterocycles. The molecule has 1 aromatic carbocycles. The molecule has 248 valence electrons. The molecule has 48 heavy (non-hydrogen) atoms. The van der Waals surface area contributed by atoms with E-state index >= 15 is 0 Å². The van der Waals surface area contributed by atoms with Crippen LogP contribution in [0.25, 0.3) is 44.0 Å². The second-order valence-corrected chi connectivity index (χ2v) is 13.3. The largest absolute Gasteiger partial charge is 0.477 e. The molecule has 11 nitrogen and oxygen atoms in total. The summed E-state index contributed by atoms with van der Waals surface area (Å²) in [6.45, 7) is 9.45. The van der Waals surface area contributed by atoms with E-state index in [1.165, 1.54) is 17.5 Å². The zero-order valence-corrected chi connectivity index (χ0v) is 28.1. The Morgan fingerprint density at radius 3 is 2.65 bits per heavy atom. The van der Waals surface area contributed by atoms with E-state index in [4.69, 9.17) is 9.97 Å². The summed E-state index contributed by atoms with van der Waals surface area (Å²) in [5.41, 5.74) is 3.23. The minimum Gasteiger partial charge on any atom is -0.477 e. The number of carbonyl (C=O) groups is 2. The normalized spacial score (nSPS) is 15.1. The first kappa shape index (κ1) is 33.0. The van der Waals surface area contributed by atoms with Crippen molar-refractivity contribution in [1.82, 2.24) is 29.7 Å². The number of amides is 2. The van der Waals surface area contributed by atoms with Crippen molar-refractivity contribution in [2.24, 2.45) is 5.92 Å². The Hall–Kier alpha value is -4.94. The second-order valence-electron chi connectivity index (χ2n) is 12.5. The highest BCUT2D eigenvalue weighted by atomic mass is 32.1. The minimum atomic E-state index is -1.26. The van der Waals surface area contributed by atoms with Gasteiger partial charge in [-0.25, -0.2) is 19.6 Å². The Morgan fingerprint density at radius 1 is 1.08 bits per heavy atom. The van der Waals surface area contributed by atoms with Gasteiger partial charge in [-0.15, -0.1) is 11.3 Å². The van der Waals surface area contributed by atoms with Crippen LogP contribution < -0.4 is 16.1 Å². The fraction of sp³-hybridized carbons (Fsp3) is 0.333. The van der Waals surface area contributed by atoms with Crippen LogP contribution in [0.5, 0.6) is 0 Å². The third kappa shape index (κ3) is 7.14. The number of piperidine rings is 1. The third-order valence-corrected chi connectivity index (χ3v) is 9.48. The van der Waals surface area contributed by atoms with Crippen LogP contribution in [0, 0.1) is 5.92 Å². The number of aromatic carboxylic acids is 1. The molecule has 3 N–H and O–H groups in total. The van der Waals surface area contributed by atoms with Crippen molar-refractivity contribution in [3.63, 3.8) is 0 Å². The van der Waals surface area contributed by atoms with Crippen molar-refractivity contribution in [2.45, 2.75) is 46.1 Å². The highest BCUT2D eigenvalue weighted by Crippen LogP contribution is 2.37. The van der Waals surface area contributed by atoms with Crippen LogP contribution in [0.15, 0.2) is 71.2 Å². The van der Waals surface area contributed by atoms with Crippen LogP contribution in [0.2, 0.25) is 0 Å². The van der Waals surface area contributed by atoms with Crippen molar-refractivity contribution in [3.05, 3.63) is 82.2 Å². The number of aromatic nitrogens is 4. The van der Waals surface area contributed by atoms with E-state index in [0.29, 0.717) is 45.6 Å². The molecule has 0 spiro atoms. The Balaban J connectivity index is 1.45. The second kappa shape index (κ2) is 14.4. The maximum atomic E-state index is 13.7. The molecule has 0 aliphatic carbocycles. The van der Waals surface area contributed by atoms with Gasteiger partial charge < -0.3 is 19.9 Å². The van der Waals surface area contributed by atoms with E-state index in [-0.39, 0.29) is 23.0 Å². The van der Waals surface area contributed by atoms with E-state index in [9.17, 15) is 19.5 Å². The number of anilines is 1. The third-order valence-electron chi connectivity index (χ3n) is 8.61. The van der Waals surface area contributed by atoms with Crippen LogP contribution in [-0.2, 0) is 0 Å². The van der Waals surface area contributed by atoms with Gasteiger partial charge in [-0.2, -0.15) is 0 Å². The Labute approximate surface area is 282 Å². The van der Waals surface area contributed by atoms with Gasteiger partial charge in [0.25, 0.3) is 0 Å². The lowest BCUT2D eigenvalue weighted by Gasteiger charge is -2.35. The fourth-order valence-electron chi connectivity index (χ4n) is 6.12. The van der Waals surface area contributed by atoms with Gasteiger partial charge in [-0.3, -0.25) is 15.1 Å². The van der Waals surface area contributed by atoms with Gasteiger partial charge >= 0.3 is 12.0 Å². The summed E-state index contributed by atoms with van der Waals surface area (Å²) in [6, 6.07) is 12.8. The molecule has 0 bridgehead atoms. The number of hydrogen-bond donors (Lipinski definition) is 3. The number of benzene rings is 1. The average molecular weight is 666 g/mol. The van der Waals surface area contributed by atoms with Gasteiger partial charge in [-0.05, 0) is 57.3 Å². The van der Waals surface area contributed by atoms with E-state index in [1.807, 2.05) is 47.2 Å². The average Bonchev–Trinajstić information content (AvgIpc) is 3.58. The molecule has 12 heteroatoms. The number of carboxylic acids is 1. The topological polar surface area (TPSA) is 142 Å². The number of hydrogen-bond acceptors (Lipinski definition) is 8. The van der Waals surface area contributed by atoms with Crippen LogP contribution in [0.3, 0.4) is 0 Å². The number of urea groups is 1. The number of nitrogens with zero attached hydrogens (tertiary/aromatic N) is 5. The van der Waals surface area contributed by atoms with Crippen LogP contribution >= 0.6 is 11.3 Å². The summed E-state index contributed by atoms with van der Waals surface area (Å²) < 4.78 is 1.93. The minimum absolute atomic E-state index is 0.00309. The monoisotopic (exact) mass is 665 g/mol. The van der Waals surface area contributed by atoms with Crippen molar-refractivity contribution in [2.75, 3.05) is 31.5 Å². The van der Waals surface area contributed by atoms with Crippen LogP contribution in [0.1, 0.15) is 56.4 Å². The first-order valence-electron chi connectivity index (χ1n) is 16.3. The predicted molar refractivity (Wildman–Crippen MR) is 190 cm³/mol. The molecule has 2 amide bonds. The maximum absolute atomic E-state index is 13.7. The fourth-order valence-corrected chi connectivity index (χ4v) is 6.98. The first-order chi connectivity index (χ1) is 23.2. The quantitative estimate of drug-likeness (QED) is 0.148. The molecule has 4 aromatic heterocycles. The van der Waals surface area contributed by atoms with Crippen molar-refractivity contribution in [1.29, 1.82) is 0 Å². The number of likely N-dealkylation sites (tertiary alicyclic amines) is 1. The lowest BCUT2D eigenvalue weighted by molar-refractivity contribution is 0.0694. The van der Waals surface area contributed by atoms with Gasteiger partial charge in [0.2, 0.25) is 5.43 Å². The summed E-state index contributed by atoms with van der Waals surface area (Å²) in [5, 5.41) is 18.5. The van der Waals surface area contributed by atoms with Gasteiger partial charge in [0.05, 0.1) is 28.5 Å². The maximum Gasteiger partial charge on any atom is 0.341 e. The summed E-state index contributed by atoms with van der Waals surface area (Å²) in [4.78, 5) is 55.0. The molecule has 1 fully saturated rings. The summed E-state index contributed by atoms with van der Waals surface area (Å²) >= 11 is 1.44. The Morgan fingerprint density at radius 2 is 1.90 bits per heavy atom. The van der Waals surface area contributed by atoms with E-state index in [0.717, 1.165) is 50.2 Å². The number of rotatable bonds is 10. The molecular formula is C36H39N7O4S. The predicted octanol–water partition coefficient (Wildman–Crippen LogP) is 6.77.